The predicted molar refractivity (Wildman–Crippen MR) is 64.2 cm³/mol. The molecule has 4 nitrogen and oxygen atoms in total. The summed E-state index contributed by atoms with van der Waals surface area (Å²) < 4.78 is 15.5. The van der Waals surface area contributed by atoms with E-state index in [1.165, 1.54) is 17.8 Å². The van der Waals surface area contributed by atoms with Gasteiger partial charge in [0.15, 0.2) is 5.16 Å². The third-order valence-electron chi connectivity index (χ3n) is 2.49. The quantitative estimate of drug-likeness (QED) is 0.906. The highest BCUT2D eigenvalue weighted by atomic mass is 32.2. The molecule has 1 aromatic carbocycles. The molecule has 0 atom stereocenters. The van der Waals surface area contributed by atoms with Gasteiger partial charge in [-0.3, -0.25) is 0 Å². The van der Waals surface area contributed by atoms with Gasteiger partial charge in [0.2, 0.25) is 0 Å². The van der Waals surface area contributed by atoms with E-state index in [1.54, 1.807) is 6.07 Å². The van der Waals surface area contributed by atoms with Crippen molar-refractivity contribution in [2.45, 2.75) is 23.5 Å². The summed E-state index contributed by atoms with van der Waals surface area (Å²) in [5.74, 6) is 0.519. The second-order valence-corrected chi connectivity index (χ2v) is 4.67. The van der Waals surface area contributed by atoms with E-state index in [4.69, 9.17) is 5.73 Å². The van der Waals surface area contributed by atoms with Crippen LogP contribution < -0.4 is 5.73 Å². The summed E-state index contributed by atoms with van der Waals surface area (Å²) >= 11 is 1.25. The lowest BCUT2D eigenvalue weighted by molar-refractivity contribution is 0.598. The maximum absolute atomic E-state index is 13.7. The molecule has 0 radical (unpaired) electrons. The lowest BCUT2D eigenvalue weighted by atomic mass is 10.2. The third kappa shape index (κ3) is 2.48. The van der Waals surface area contributed by atoms with Crippen molar-refractivity contribution in [2.24, 2.45) is 12.8 Å². The standard InChI is InChI=1S/C11H13FN4S/c1-7-14-15-11(16(7)2)17-10-4-3-8(6-13)5-9(10)12/h3-5H,6,13H2,1-2H3. The Morgan fingerprint density at radius 1 is 1.41 bits per heavy atom. The average Bonchev–Trinajstić information content (AvgIpc) is 2.63. The fraction of sp³-hybridized carbons (Fsp3) is 0.273. The molecule has 0 bridgehead atoms. The summed E-state index contributed by atoms with van der Waals surface area (Å²) in [6.07, 6.45) is 0. The SMILES string of the molecule is Cc1nnc(Sc2ccc(CN)cc2F)n1C. The van der Waals surface area contributed by atoms with Crippen molar-refractivity contribution in [2.75, 3.05) is 0 Å². The molecule has 2 rings (SSSR count). The molecule has 0 aliphatic carbocycles. The lowest BCUT2D eigenvalue weighted by Crippen LogP contribution is -1.98. The van der Waals surface area contributed by atoms with E-state index in [2.05, 4.69) is 10.2 Å². The molecule has 1 aromatic heterocycles. The Morgan fingerprint density at radius 3 is 2.71 bits per heavy atom. The van der Waals surface area contributed by atoms with Gasteiger partial charge in [-0.2, -0.15) is 0 Å². The van der Waals surface area contributed by atoms with Crippen LogP contribution in [0.15, 0.2) is 28.3 Å². The first-order chi connectivity index (χ1) is 8.11. The van der Waals surface area contributed by atoms with E-state index in [1.807, 2.05) is 24.6 Å². The van der Waals surface area contributed by atoms with Crippen LogP contribution in [-0.2, 0) is 13.6 Å². The van der Waals surface area contributed by atoms with Crippen LogP contribution in [0.5, 0.6) is 0 Å². The van der Waals surface area contributed by atoms with Crippen LogP contribution in [0, 0.1) is 12.7 Å². The van der Waals surface area contributed by atoms with E-state index >= 15 is 0 Å². The number of nitrogens with two attached hydrogens (primary N) is 1. The average molecular weight is 252 g/mol. The molecule has 0 amide bonds. The highest BCUT2D eigenvalue weighted by Gasteiger charge is 2.10. The Hall–Kier alpha value is -1.40. The maximum atomic E-state index is 13.7. The molecule has 1 heterocycles. The van der Waals surface area contributed by atoms with E-state index in [0.717, 1.165) is 11.4 Å². The largest absolute Gasteiger partial charge is 0.326 e. The number of aryl methyl sites for hydroxylation is 1. The van der Waals surface area contributed by atoms with Crippen molar-refractivity contribution in [1.29, 1.82) is 0 Å². The number of rotatable bonds is 3. The molecule has 6 heteroatoms. The Kier molecular flexibility index (Phi) is 3.44. The first kappa shape index (κ1) is 12.1. The topological polar surface area (TPSA) is 56.7 Å². The number of hydrogen-bond acceptors (Lipinski definition) is 4. The molecule has 17 heavy (non-hydrogen) atoms. The predicted octanol–water partition coefficient (Wildman–Crippen LogP) is 1.87. The van der Waals surface area contributed by atoms with Gasteiger partial charge in [-0.15, -0.1) is 10.2 Å². The number of benzene rings is 1. The minimum atomic E-state index is -0.279. The number of nitrogens with zero attached hydrogens (tertiary/aromatic N) is 3. The Morgan fingerprint density at radius 2 is 2.18 bits per heavy atom. The van der Waals surface area contributed by atoms with Gasteiger partial charge in [-0.05, 0) is 36.4 Å². The van der Waals surface area contributed by atoms with E-state index in [-0.39, 0.29) is 5.82 Å². The van der Waals surface area contributed by atoms with Crippen molar-refractivity contribution in [3.63, 3.8) is 0 Å². The van der Waals surface area contributed by atoms with Crippen LogP contribution in [-0.4, -0.2) is 14.8 Å². The highest BCUT2D eigenvalue weighted by molar-refractivity contribution is 7.99. The van der Waals surface area contributed by atoms with Crippen LogP contribution >= 0.6 is 11.8 Å². The Balaban J connectivity index is 2.27. The van der Waals surface area contributed by atoms with Crippen molar-refractivity contribution in [1.82, 2.24) is 14.8 Å². The fourth-order valence-electron chi connectivity index (χ4n) is 1.33. The molecule has 0 spiro atoms. The van der Waals surface area contributed by atoms with Gasteiger partial charge in [0.25, 0.3) is 0 Å². The van der Waals surface area contributed by atoms with Crippen LogP contribution in [0.3, 0.4) is 0 Å². The van der Waals surface area contributed by atoms with Crippen LogP contribution in [0.1, 0.15) is 11.4 Å². The summed E-state index contributed by atoms with van der Waals surface area (Å²) in [5, 5.41) is 8.57. The molecule has 0 saturated carbocycles. The van der Waals surface area contributed by atoms with Gasteiger partial charge in [-0.1, -0.05) is 6.07 Å². The van der Waals surface area contributed by atoms with Gasteiger partial charge in [0, 0.05) is 13.6 Å². The van der Waals surface area contributed by atoms with Crippen molar-refractivity contribution >= 4 is 11.8 Å². The van der Waals surface area contributed by atoms with E-state index in [9.17, 15) is 4.39 Å². The Labute approximate surface area is 103 Å². The molecule has 2 N–H and O–H groups in total. The fourth-order valence-corrected chi connectivity index (χ4v) is 2.17. The van der Waals surface area contributed by atoms with Crippen LogP contribution in [0.4, 0.5) is 4.39 Å². The first-order valence-electron chi connectivity index (χ1n) is 5.14. The van der Waals surface area contributed by atoms with Gasteiger partial charge >= 0.3 is 0 Å². The van der Waals surface area contributed by atoms with Gasteiger partial charge in [0.05, 0.1) is 4.90 Å². The molecule has 90 valence electrons. The van der Waals surface area contributed by atoms with Crippen molar-refractivity contribution in [3.05, 3.63) is 35.4 Å². The van der Waals surface area contributed by atoms with Gasteiger partial charge < -0.3 is 10.3 Å². The molecule has 2 aromatic rings. The zero-order valence-electron chi connectivity index (χ0n) is 9.64. The summed E-state index contributed by atoms with van der Waals surface area (Å²) in [6.45, 7) is 2.19. The number of hydrogen-bond donors (Lipinski definition) is 1. The summed E-state index contributed by atoms with van der Waals surface area (Å²) in [5.41, 5.74) is 6.23. The molecule has 0 aliphatic rings. The molecular weight excluding hydrogens is 239 g/mol. The molecular formula is C11H13FN4S. The maximum Gasteiger partial charge on any atom is 0.195 e. The highest BCUT2D eigenvalue weighted by Crippen LogP contribution is 2.28. The summed E-state index contributed by atoms with van der Waals surface area (Å²) in [7, 11) is 1.85. The summed E-state index contributed by atoms with van der Waals surface area (Å²) in [6, 6.07) is 4.98. The van der Waals surface area contributed by atoms with Gasteiger partial charge in [0.1, 0.15) is 11.6 Å². The minimum absolute atomic E-state index is 0.279. The van der Waals surface area contributed by atoms with Gasteiger partial charge in [-0.25, -0.2) is 4.39 Å². The smallest absolute Gasteiger partial charge is 0.195 e. The molecule has 0 unspecified atom stereocenters. The Bertz CT molecular complexity index is 538. The number of aromatic nitrogens is 3. The molecule has 0 aliphatic heterocycles. The van der Waals surface area contributed by atoms with Crippen LogP contribution in [0.2, 0.25) is 0 Å². The van der Waals surface area contributed by atoms with E-state index < -0.39 is 0 Å². The lowest BCUT2D eigenvalue weighted by Gasteiger charge is -2.04. The number of halogens is 1. The third-order valence-corrected chi connectivity index (χ3v) is 3.57. The first-order valence-corrected chi connectivity index (χ1v) is 5.96. The monoisotopic (exact) mass is 252 g/mol. The molecule has 0 saturated heterocycles. The second kappa shape index (κ2) is 4.85. The zero-order valence-corrected chi connectivity index (χ0v) is 10.5. The van der Waals surface area contributed by atoms with E-state index in [0.29, 0.717) is 16.6 Å². The zero-order chi connectivity index (χ0) is 12.4. The summed E-state index contributed by atoms with van der Waals surface area (Å²) in [4.78, 5) is 0.526. The normalized spacial score (nSPS) is 10.8. The minimum Gasteiger partial charge on any atom is -0.326 e. The van der Waals surface area contributed by atoms with Crippen LogP contribution in [0.25, 0.3) is 0 Å². The van der Waals surface area contributed by atoms with Crippen molar-refractivity contribution < 1.29 is 4.39 Å². The second-order valence-electron chi connectivity index (χ2n) is 3.66. The molecule has 0 fully saturated rings. The van der Waals surface area contributed by atoms with Crippen molar-refractivity contribution in [3.8, 4) is 0 Å².